The van der Waals surface area contributed by atoms with E-state index in [4.69, 9.17) is 4.52 Å². The summed E-state index contributed by atoms with van der Waals surface area (Å²) in [6, 6.07) is 14.5. The Kier molecular flexibility index (Phi) is 4.31. The van der Waals surface area contributed by atoms with Gasteiger partial charge in [-0.2, -0.15) is 4.98 Å². The van der Waals surface area contributed by atoms with Gasteiger partial charge in [-0.15, -0.1) is 0 Å². The van der Waals surface area contributed by atoms with Gasteiger partial charge in [-0.25, -0.2) is 4.79 Å². The fourth-order valence-corrected chi connectivity index (χ4v) is 3.77. The van der Waals surface area contributed by atoms with Gasteiger partial charge in [-0.3, -0.25) is 9.69 Å². The molecule has 1 saturated heterocycles. The van der Waals surface area contributed by atoms with E-state index >= 15 is 0 Å². The Morgan fingerprint density at radius 3 is 2.77 bits per heavy atom. The van der Waals surface area contributed by atoms with Crippen molar-refractivity contribution < 1.29 is 14.1 Å². The molecule has 8 heteroatoms. The van der Waals surface area contributed by atoms with E-state index in [0.29, 0.717) is 12.2 Å². The van der Waals surface area contributed by atoms with Crippen LogP contribution in [0.4, 0.5) is 4.79 Å². The molecule has 0 unspecified atom stereocenters. The molecule has 2 aromatic carbocycles. The van der Waals surface area contributed by atoms with Gasteiger partial charge in [0.05, 0.1) is 0 Å². The second-order valence-corrected chi connectivity index (χ2v) is 7.32. The molecule has 3 amide bonds. The van der Waals surface area contributed by atoms with Crippen LogP contribution in [0, 0.1) is 6.92 Å². The van der Waals surface area contributed by atoms with Gasteiger partial charge >= 0.3 is 6.03 Å². The van der Waals surface area contributed by atoms with Gasteiger partial charge in [-0.05, 0) is 24.1 Å². The van der Waals surface area contributed by atoms with Crippen molar-refractivity contribution >= 4 is 22.8 Å². The molecule has 1 aliphatic rings. The van der Waals surface area contributed by atoms with Crippen molar-refractivity contribution in [1.82, 2.24) is 25.3 Å². The number of hydrogen-bond donors (Lipinski definition) is 2. The van der Waals surface area contributed by atoms with E-state index in [1.165, 1.54) is 0 Å². The van der Waals surface area contributed by atoms with Crippen molar-refractivity contribution in [2.75, 3.05) is 0 Å². The molecule has 0 bridgehead atoms. The summed E-state index contributed by atoms with van der Waals surface area (Å²) in [5.74, 6) is 0.343. The van der Waals surface area contributed by atoms with Crippen LogP contribution in [0.3, 0.4) is 0 Å². The highest BCUT2D eigenvalue weighted by molar-refractivity contribution is 6.04. The van der Waals surface area contributed by atoms with Gasteiger partial charge in [0.15, 0.2) is 0 Å². The fourth-order valence-electron chi connectivity index (χ4n) is 3.77. The first kappa shape index (κ1) is 18.1. The Labute approximate surface area is 171 Å². The molecule has 4 aromatic rings. The van der Waals surface area contributed by atoms with Crippen LogP contribution in [0.15, 0.2) is 59.3 Å². The molecule has 2 aromatic heterocycles. The fraction of sp³-hybridized carbons (Fsp3) is 0.182. The zero-order valence-corrected chi connectivity index (χ0v) is 16.3. The highest BCUT2D eigenvalue weighted by Crippen LogP contribution is 2.23. The zero-order chi connectivity index (χ0) is 20.7. The maximum absolute atomic E-state index is 12.9. The van der Waals surface area contributed by atoms with Gasteiger partial charge in [0, 0.05) is 29.1 Å². The van der Waals surface area contributed by atoms with Crippen LogP contribution in [0.25, 0.3) is 22.3 Å². The lowest BCUT2D eigenvalue weighted by molar-refractivity contribution is -0.128. The van der Waals surface area contributed by atoms with E-state index in [2.05, 4.69) is 20.4 Å². The molecule has 2 N–H and O–H groups in total. The Morgan fingerprint density at radius 2 is 1.90 bits per heavy atom. The Morgan fingerprint density at radius 1 is 1.10 bits per heavy atom. The number of carbonyl (C=O) groups excluding carboxylic acids is 2. The summed E-state index contributed by atoms with van der Waals surface area (Å²) >= 11 is 0. The predicted octanol–water partition coefficient (Wildman–Crippen LogP) is 3.19. The van der Waals surface area contributed by atoms with E-state index in [1.807, 2.05) is 61.7 Å². The number of rotatable bonds is 5. The minimum atomic E-state index is -0.629. The second-order valence-electron chi connectivity index (χ2n) is 7.32. The molecule has 0 aliphatic carbocycles. The van der Waals surface area contributed by atoms with E-state index in [-0.39, 0.29) is 18.3 Å². The molecule has 1 atom stereocenters. The number of benzene rings is 2. The SMILES string of the molecule is Cc1ccccc1-c1noc(CN2C(=O)N[C@@H](Cc3c[nH]c4ccccc34)C2=O)n1. The lowest BCUT2D eigenvalue weighted by Gasteiger charge is -2.10. The van der Waals surface area contributed by atoms with Crippen molar-refractivity contribution in [3.8, 4) is 11.4 Å². The van der Waals surface area contributed by atoms with E-state index in [9.17, 15) is 9.59 Å². The smallest absolute Gasteiger partial charge is 0.325 e. The normalized spacial score (nSPS) is 16.4. The zero-order valence-electron chi connectivity index (χ0n) is 16.3. The third-order valence-electron chi connectivity index (χ3n) is 5.35. The number of carbonyl (C=O) groups is 2. The maximum Gasteiger partial charge on any atom is 0.325 e. The van der Waals surface area contributed by atoms with Crippen molar-refractivity contribution in [3.63, 3.8) is 0 Å². The molecular formula is C22H19N5O3. The molecular weight excluding hydrogens is 382 g/mol. The maximum atomic E-state index is 12.9. The highest BCUT2D eigenvalue weighted by Gasteiger charge is 2.39. The van der Waals surface area contributed by atoms with Crippen LogP contribution in [0.2, 0.25) is 0 Å². The summed E-state index contributed by atoms with van der Waals surface area (Å²) in [7, 11) is 0. The molecule has 1 aliphatic heterocycles. The van der Waals surface area contributed by atoms with Crippen LogP contribution in [-0.2, 0) is 17.8 Å². The average Bonchev–Trinajstić information content (AvgIpc) is 3.44. The summed E-state index contributed by atoms with van der Waals surface area (Å²) in [4.78, 5) is 33.9. The molecule has 5 rings (SSSR count). The number of amides is 3. The van der Waals surface area contributed by atoms with Crippen molar-refractivity contribution in [3.05, 3.63) is 71.7 Å². The second kappa shape index (κ2) is 7.14. The molecule has 150 valence electrons. The first-order valence-electron chi connectivity index (χ1n) is 9.65. The van der Waals surface area contributed by atoms with Crippen LogP contribution in [0.1, 0.15) is 17.0 Å². The van der Waals surface area contributed by atoms with Crippen LogP contribution in [-0.4, -0.2) is 38.0 Å². The van der Waals surface area contributed by atoms with Gasteiger partial charge in [0.2, 0.25) is 11.7 Å². The topological polar surface area (TPSA) is 104 Å². The van der Waals surface area contributed by atoms with Crippen LogP contribution >= 0.6 is 0 Å². The Hall–Kier alpha value is -3.94. The molecule has 0 radical (unpaired) electrons. The Balaban J connectivity index is 1.32. The third kappa shape index (κ3) is 3.12. The van der Waals surface area contributed by atoms with Crippen molar-refractivity contribution in [2.24, 2.45) is 0 Å². The number of aromatic nitrogens is 3. The molecule has 8 nitrogen and oxygen atoms in total. The van der Waals surface area contributed by atoms with E-state index in [0.717, 1.165) is 32.5 Å². The number of urea groups is 1. The number of nitrogens with zero attached hydrogens (tertiary/aromatic N) is 3. The first-order chi connectivity index (χ1) is 14.6. The average molecular weight is 401 g/mol. The minimum absolute atomic E-state index is 0.0616. The van der Waals surface area contributed by atoms with Gasteiger partial charge in [-0.1, -0.05) is 47.6 Å². The van der Waals surface area contributed by atoms with E-state index < -0.39 is 12.1 Å². The standard InChI is InChI=1S/C22H19N5O3/c1-13-6-2-3-7-15(13)20-25-19(30-26-20)12-27-21(28)18(24-22(27)29)10-14-11-23-17-9-5-4-8-16(14)17/h2-9,11,18,23H,10,12H2,1H3,(H,24,29)/t18-/m0/s1. The number of nitrogens with one attached hydrogen (secondary N) is 2. The van der Waals surface area contributed by atoms with Crippen LogP contribution < -0.4 is 5.32 Å². The summed E-state index contributed by atoms with van der Waals surface area (Å²) in [6.07, 6.45) is 2.28. The number of hydrogen-bond acceptors (Lipinski definition) is 5. The lowest BCUT2D eigenvalue weighted by atomic mass is 10.1. The summed E-state index contributed by atoms with van der Waals surface area (Å²) in [6.45, 7) is 1.89. The summed E-state index contributed by atoms with van der Waals surface area (Å²) in [5.41, 5.74) is 3.84. The number of imide groups is 1. The lowest BCUT2D eigenvalue weighted by Crippen LogP contribution is -2.32. The van der Waals surface area contributed by atoms with Crippen LogP contribution in [0.5, 0.6) is 0 Å². The highest BCUT2D eigenvalue weighted by atomic mass is 16.5. The number of H-pyrrole nitrogens is 1. The van der Waals surface area contributed by atoms with Gasteiger partial charge in [0.1, 0.15) is 12.6 Å². The number of aryl methyl sites for hydroxylation is 1. The largest absolute Gasteiger partial charge is 0.361 e. The Bertz CT molecular complexity index is 1260. The summed E-state index contributed by atoms with van der Waals surface area (Å²) < 4.78 is 5.29. The van der Waals surface area contributed by atoms with Crippen molar-refractivity contribution in [2.45, 2.75) is 25.9 Å². The molecule has 1 fully saturated rings. The van der Waals surface area contributed by atoms with Gasteiger partial charge < -0.3 is 14.8 Å². The molecule has 3 heterocycles. The number of fused-ring (bicyclic) bond motifs is 1. The quantitative estimate of drug-likeness (QED) is 0.500. The van der Waals surface area contributed by atoms with E-state index in [1.54, 1.807) is 0 Å². The molecule has 30 heavy (non-hydrogen) atoms. The number of para-hydroxylation sites is 1. The first-order valence-corrected chi connectivity index (χ1v) is 9.65. The third-order valence-corrected chi connectivity index (χ3v) is 5.35. The van der Waals surface area contributed by atoms with Crippen molar-refractivity contribution in [1.29, 1.82) is 0 Å². The minimum Gasteiger partial charge on any atom is -0.361 e. The van der Waals surface area contributed by atoms with Gasteiger partial charge in [0.25, 0.3) is 5.91 Å². The molecule has 0 saturated carbocycles. The number of aromatic amines is 1. The monoisotopic (exact) mass is 401 g/mol. The predicted molar refractivity (Wildman–Crippen MR) is 109 cm³/mol. The molecule has 0 spiro atoms. The summed E-state index contributed by atoms with van der Waals surface area (Å²) in [5, 5.41) is 7.79.